The molecular formula is C19H16FN7O. The van der Waals surface area contributed by atoms with E-state index in [1.807, 2.05) is 6.07 Å². The molecule has 0 saturated carbocycles. The molecule has 140 valence electrons. The maximum absolute atomic E-state index is 14.0. The van der Waals surface area contributed by atoms with Crippen molar-refractivity contribution in [2.45, 2.75) is 6.92 Å². The molecule has 0 aliphatic heterocycles. The molecule has 2 aromatic carbocycles. The van der Waals surface area contributed by atoms with E-state index in [0.29, 0.717) is 22.8 Å². The van der Waals surface area contributed by atoms with Gasteiger partial charge in [0.2, 0.25) is 0 Å². The number of rotatable bonds is 4. The molecule has 8 nitrogen and oxygen atoms in total. The fourth-order valence-electron chi connectivity index (χ4n) is 2.91. The average Bonchev–Trinajstić information content (AvgIpc) is 3.28. The van der Waals surface area contributed by atoms with Crippen LogP contribution in [0.25, 0.3) is 17.1 Å². The average molecular weight is 377 g/mol. The van der Waals surface area contributed by atoms with Crippen LogP contribution < -0.4 is 5.32 Å². The molecule has 0 atom stereocenters. The molecule has 0 aliphatic rings. The Hall–Kier alpha value is -3.88. The highest BCUT2D eigenvalue weighted by molar-refractivity contribution is 6.05. The summed E-state index contributed by atoms with van der Waals surface area (Å²) in [5, 5.41) is 18.4. The molecule has 0 fully saturated rings. The summed E-state index contributed by atoms with van der Waals surface area (Å²) in [4.78, 5) is 12.7. The van der Waals surface area contributed by atoms with Gasteiger partial charge in [-0.2, -0.15) is 5.10 Å². The van der Waals surface area contributed by atoms with Gasteiger partial charge in [-0.3, -0.25) is 4.79 Å². The van der Waals surface area contributed by atoms with Crippen molar-refractivity contribution in [3.8, 4) is 17.1 Å². The molecule has 9 heteroatoms. The second-order valence-electron chi connectivity index (χ2n) is 6.17. The van der Waals surface area contributed by atoms with Crippen molar-refractivity contribution in [1.29, 1.82) is 0 Å². The van der Waals surface area contributed by atoms with Crippen LogP contribution in [0.2, 0.25) is 0 Å². The Kier molecular flexibility index (Phi) is 4.40. The predicted octanol–water partition coefficient (Wildman–Crippen LogP) is 2.76. The molecule has 0 radical (unpaired) electrons. The summed E-state index contributed by atoms with van der Waals surface area (Å²) >= 11 is 0. The highest BCUT2D eigenvalue weighted by Gasteiger charge is 2.17. The summed E-state index contributed by atoms with van der Waals surface area (Å²) < 4.78 is 17.0. The number of tetrazole rings is 1. The van der Waals surface area contributed by atoms with Crippen LogP contribution in [0.15, 0.2) is 54.7 Å². The van der Waals surface area contributed by atoms with E-state index in [-0.39, 0.29) is 11.6 Å². The second kappa shape index (κ2) is 7.03. The summed E-state index contributed by atoms with van der Waals surface area (Å²) in [5.74, 6) is -0.168. The van der Waals surface area contributed by atoms with Crippen LogP contribution in [-0.2, 0) is 7.05 Å². The van der Waals surface area contributed by atoms with E-state index in [2.05, 4.69) is 25.9 Å². The number of amides is 1. The molecule has 4 rings (SSSR count). The van der Waals surface area contributed by atoms with Crippen LogP contribution in [0.4, 0.5) is 10.1 Å². The number of hydrogen-bond acceptors (Lipinski definition) is 5. The van der Waals surface area contributed by atoms with Crippen LogP contribution in [-0.4, -0.2) is 35.9 Å². The quantitative estimate of drug-likeness (QED) is 0.591. The summed E-state index contributed by atoms with van der Waals surface area (Å²) in [6.07, 6.45) is 1.42. The molecule has 0 aliphatic carbocycles. The maximum atomic E-state index is 14.0. The lowest BCUT2D eigenvalue weighted by molar-refractivity contribution is 0.102. The van der Waals surface area contributed by atoms with E-state index in [9.17, 15) is 9.18 Å². The topological polar surface area (TPSA) is 90.5 Å². The van der Waals surface area contributed by atoms with E-state index in [1.165, 1.54) is 16.9 Å². The van der Waals surface area contributed by atoms with Gasteiger partial charge in [0, 0.05) is 18.3 Å². The van der Waals surface area contributed by atoms with Gasteiger partial charge in [0.1, 0.15) is 11.5 Å². The fourth-order valence-corrected chi connectivity index (χ4v) is 2.91. The van der Waals surface area contributed by atoms with E-state index in [4.69, 9.17) is 0 Å². The number of nitrogens with one attached hydrogen (secondary N) is 1. The molecule has 1 N–H and O–H groups in total. The zero-order valence-electron chi connectivity index (χ0n) is 15.2. The van der Waals surface area contributed by atoms with E-state index < -0.39 is 5.82 Å². The molecule has 4 aromatic rings. The van der Waals surface area contributed by atoms with E-state index in [1.54, 1.807) is 55.1 Å². The zero-order chi connectivity index (χ0) is 19.7. The Balaban J connectivity index is 1.60. The molecule has 2 aromatic heterocycles. The lowest BCUT2D eigenvalue weighted by Gasteiger charge is -2.08. The predicted molar refractivity (Wildman–Crippen MR) is 100 cm³/mol. The molecule has 28 heavy (non-hydrogen) atoms. The highest BCUT2D eigenvalue weighted by atomic mass is 19.1. The van der Waals surface area contributed by atoms with Crippen LogP contribution in [0.1, 0.15) is 16.1 Å². The summed E-state index contributed by atoms with van der Waals surface area (Å²) in [7, 11) is 1.74. The third-order valence-corrected chi connectivity index (χ3v) is 4.33. The Labute approximate surface area is 159 Å². The molecule has 0 bridgehead atoms. The summed E-state index contributed by atoms with van der Waals surface area (Å²) in [6, 6.07) is 13.5. The Morgan fingerprint density at radius 3 is 2.71 bits per heavy atom. The number of aryl methyl sites for hydroxylation is 1. The number of nitrogens with zero attached hydrogens (tertiary/aromatic N) is 6. The first-order valence-electron chi connectivity index (χ1n) is 8.48. The van der Waals surface area contributed by atoms with Gasteiger partial charge >= 0.3 is 0 Å². The lowest BCUT2D eigenvalue weighted by atomic mass is 10.1. The highest BCUT2D eigenvalue weighted by Crippen LogP contribution is 2.21. The molecule has 2 heterocycles. The van der Waals surface area contributed by atoms with Gasteiger partial charge in [0.15, 0.2) is 5.82 Å². The largest absolute Gasteiger partial charge is 0.322 e. The van der Waals surface area contributed by atoms with Crippen molar-refractivity contribution in [3.63, 3.8) is 0 Å². The van der Waals surface area contributed by atoms with Crippen molar-refractivity contribution in [2.75, 3.05) is 5.32 Å². The standard InChI is InChI=1S/C19H16FN7O/c1-12-15(11-21-27(12)17-9-4-3-8-16(17)20)19(28)22-14-7-5-6-13(10-14)18-23-24-25-26(18)2/h3-11H,1-2H3,(H,22,28). The molecule has 1 amide bonds. The van der Waals surface area contributed by atoms with E-state index in [0.717, 1.165) is 5.56 Å². The number of halogens is 1. The van der Waals surface area contributed by atoms with Crippen molar-refractivity contribution in [1.82, 2.24) is 30.0 Å². The molecular weight excluding hydrogens is 361 g/mol. The second-order valence-corrected chi connectivity index (χ2v) is 6.17. The van der Waals surface area contributed by atoms with Crippen molar-refractivity contribution < 1.29 is 9.18 Å². The van der Waals surface area contributed by atoms with E-state index >= 15 is 0 Å². The van der Waals surface area contributed by atoms with Crippen molar-refractivity contribution in [3.05, 3.63) is 71.8 Å². The van der Waals surface area contributed by atoms with Crippen molar-refractivity contribution >= 4 is 11.6 Å². The number of aromatic nitrogens is 6. The minimum Gasteiger partial charge on any atom is -0.322 e. The Bertz CT molecular complexity index is 1160. The maximum Gasteiger partial charge on any atom is 0.259 e. The number of carbonyl (C=O) groups excluding carboxylic acids is 1. The zero-order valence-corrected chi connectivity index (χ0v) is 15.2. The monoisotopic (exact) mass is 377 g/mol. The summed E-state index contributed by atoms with van der Waals surface area (Å²) in [5.41, 5.74) is 2.54. The first-order chi connectivity index (χ1) is 13.5. The Morgan fingerprint density at radius 1 is 1.14 bits per heavy atom. The number of carbonyl (C=O) groups is 1. The van der Waals surface area contributed by atoms with Gasteiger partial charge in [-0.1, -0.05) is 24.3 Å². The van der Waals surface area contributed by atoms with Gasteiger partial charge in [0.05, 0.1) is 17.5 Å². The van der Waals surface area contributed by atoms with Crippen LogP contribution in [0.5, 0.6) is 0 Å². The van der Waals surface area contributed by atoms with Gasteiger partial charge in [-0.15, -0.1) is 5.10 Å². The third-order valence-electron chi connectivity index (χ3n) is 4.33. The first kappa shape index (κ1) is 17.5. The SMILES string of the molecule is Cc1c(C(=O)Nc2cccc(-c3nnnn3C)c2)cnn1-c1ccccc1F. The molecule has 0 unspecified atom stereocenters. The minimum atomic E-state index is -0.411. The molecule has 0 spiro atoms. The van der Waals surface area contributed by atoms with Gasteiger partial charge in [-0.25, -0.2) is 13.8 Å². The summed E-state index contributed by atoms with van der Waals surface area (Å²) in [6.45, 7) is 1.72. The first-order valence-corrected chi connectivity index (χ1v) is 8.48. The molecule has 0 saturated heterocycles. The van der Waals surface area contributed by atoms with Gasteiger partial charge in [0.25, 0.3) is 5.91 Å². The van der Waals surface area contributed by atoms with Crippen LogP contribution in [0, 0.1) is 12.7 Å². The van der Waals surface area contributed by atoms with Crippen LogP contribution >= 0.6 is 0 Å². The smallest absolute Gasteiger partial charge is 0.259 e. The van der Waals surface area contributed by atoms with Crippen LogP contribution in [0.3, 0.4) is 0 Å². The number of para-hydroxylation sites is 1. The van der Waals surface area contributed by atoms with Gasteiger partial charge in [-0.05, 0) is 41.6 Å². The number of hydrogen-bond donors (Lipinski definition) is 1. The lowest BCUT2D eigenvalue weighted by Crippen LogP contribution is -2.13. The third kappa shape index (κ3) is 3.13. The normalized spacial score (nSPS) is 10.8. The fraction of sp³-hybridized carbons (Fsp3) is 0.105. The Morgan fingerprint density at radius 2 is 1.96 bits per heavy atom. The number of benzene rings is 2. The van der Waals surface area contributed by atoms with Crippen molar-refractivity contribution in [2.24, 2.45) is 7.05 Å². The number of anilines is 1. The van der Waals surface area contributed by atoms with Gasteiger partial charge < -0.3 is 5.32 Å². The minimum absolute atomic E-state index is 0.288.